The van der Waals surface area contributed by atoms with E-state index >= 15 is 0 Å². The van der Waals surface area contributed by atoms with Crippen LogP contribution in [0, 0.1) is 11.3 Å². The van der Waals surface area contributed by atoms with Gasteiger partial charge in [-0.2, -0.15) is 5.26 Å². The molecule has 15 heavy (non-hydrogen) atoms. The molecule has 0 fully saturated rings. The molecular formula is C11H11N3S. The van der Waals surface area contributed by atoms with E-state index in [1.807, 2.05) is 30.8 Å². The summed E-state index contributed by atoms with van der Waals surface area (Å²) in [4.78, 5) is 7.47. The van der Waals surface area contributed by atoms with E-state index in [2.05, 4.69) is 16.0 Å². The minimum atomic E-state index is -0.0751. The lowest BCUT2D eigenvalue weighted by Gasteiger charge is -1.99. The van der Waals surface area contributed by atoms with Gasteiger partial charge in [-0.05, 0) is 12.5 Å². The molecule has 0 spiro atoms. The molecule has 1 unspecified atom stereocenters. The Bertz CT molecular complexity index is 464. The quantitative estimate of drug-likeness (QED) is 0.858. The zero-order valence-electron chi connectivity index (χ0n) is 8.40. The van der Waals surface area contributed by atoms with Crippen molar-refractivity contribution in [2.75, 3.05) is 0 Å². The highest BCUT2D eigenvalue weighted by Crippen LogP contribution is 2.27. The second-order valence-electron chi connectivity index (χ2n) is 3.27. The summed E-state index contributed by atoms with van der Waals surface area (Å²) in [7, 11) is 0. The first-order valence-corrected chi connectivity index (χ1v) is 5.71. The van der Waals surface area contributed by atoms with Gasteiger partial charge in [-0.25, -0.2) is 4.98 Å². The average Bonchev–Trinajstić information content (AvgIpc) is 2.89. The molecular weight excluding hydrogens is 206 g/mol. The molecule has 2 aromatic heterocycles. The number of nitrogens with one attached hydrogen (secondary N) is 1. The van der Waals surface area contributed by atoms with E-state index < -0.39 is 0 Å². The summed E-state index contributed by atoms with van der Waals surface area (Å²) < 4.78 is 0. The fraction of sp³-hybridized carbons (Fsp3) is 0.273. The SMILES string of the molecule is CCC(C#N)c1csc(-c2cc[nH]c2)n1. The summed E-state index contributed by atoms with van der Waals surface area (Å²) in [5.41, 5.74) is 1.97. The molecule has 1 atom stereocenters. The van der Waals surface area contributed by atoms with Gasteiger partial charge in [0.1, 0.15) is 5.01 Å². The van der Waals surface area contributed by atoms with Gasteiger partial charge in [0.15, 0.2) is 0 Å². The molecule has 76 valence electrons. The van der Waals surface area contributed by atoms with Crippen LogP contribution in [0.2, 0.25) is 0 Å². The largest absolute Gasteiger partial charge is 0.367 e. The molecule has 3 nitrogen and oxygen atoms in total. The molecule has 2 aromatic rings. The number of hydrogen-bond acceptors (Lipinski definition) is 3. The van der Waals surface area contributed by atoms with Crippen molar-refractivity contribution in [2.24, 2.45) is 0 Å². The Morgan fingerprint density at radius 3 is 3.13 bits per heavy atom. The van der Waals surface area contributed by atoms with Crippen LogP contribution >= 0.6 is 11.3 Å². The lowest BCUT2D eigenvalue weighted by Crippen LogP contribution is -1.93. The van der Waals surface area contributed by atoms with Crippen molar-refractivity contribution in [1.82, 2.24) is 9.97 Å². The van der Waals surface area contributed by atoms with Gasteiger partial charge in [-0.3, -0.25) is 0 Å². The average molecular weight is 217 g/mol. The zero-order chi connectivity index (χ0) is 10.7. The smallest absolute Gasteiger partial charge is 0.125 e. The highest BCUT2D eigenvalue weighted by molar-refractivity contribution is 7.13. The van der Waals surface area contributed by atoms with E-state index in [1.165, 1.54) is 0 Å². The van der Waals surface area contributed by atoms with Crippen molar-refractivity contribution >= 4 is 11.3 Å². The monoisotopic (exact) mass is 217 g/mol. The maximum Gasteiger partial charge on any atom is 0.125 e. The van der Waals surface area contributed by atoms with Crippen molar-refractivity contribution in [3.63, 3.8) is 0 Å². The molecule has 2 heterocycles. The second-order valence-corrected chi connectivity index (χ2v) is 4.13. The predicted octanol–water partition coefficient (Wildman–Crippen LogP) is 3.16. The maximum absolute atomic E-state index is 8.93. The number of rotatable bonds is 3. The van der Waals surface area contributed by atoms with Crippen LogP contribution in [0.1, 0.15) is 25.0 Å². The first-order valence-electron chi connectivity index (χ1n) is 4.83. The summed E-state index contributed by atoms with van der Waals surface area (Å²) in [5.74, 6) is -0.0751. The fourth-order valence-corrected chi connectivity index (χ4v) is 2.27. The van der Waals surface area contributed by atoms with E-state index in [1.54, 1.807) is 11.3 Å². The summed E-state index contributed by atoms with van der Waals surface area (Å²) in [6, 6.07) is 4.25. The third kappa shape index (κ3) is 1.92. The number of hydrogen-bond donors (Lipinski definition) is 1. The maximum atomic E-state index is 8.93. The van der Waals surface area contributed by atoms with Crippen LogP contribution < -0.4 is 0 Å². The molecule has 2 rings (SSSR count). The molecule has 0 aromatic carbocycles. The number of aromatic amines is 1. The second kappa shape index (κ2) is 4.28. The van der Waals surface area contributed by atoms with Crippen molar-refractivity contribution in [2.45, 2.75) is 19.3 Å². The summed E-state index contributed by atoms with van der Waals surface area (Å²) in [6.07, 6.45) is 4.60. The Labute approximate surface area is 92.4 Å². The van der Waals surface area contributed by atoms with Crippen LogP contribution in [0.5, 0.6) is 0 Å². The van der Waals surface area contributed by atoms with Crippen LogP contribution in [0.4, 0.5) is 0 Å². The van der Waals surface area contributed by atoms with Crippen molar-refractivity contribution in [1.29, 1.82) is 5.26 Å². The van der Waals surface area contributed by atoms with Gasteiger partial charge in [-0.15, -0.1) is 11.3 Å². The van der Waals surface area contributed by atoms with Gasteiger partial charge in [0, 0.05) is 23.3 Å². The van der Waals surface area contributed by atoms with E-state index in [-0.39, 0.29) is 5.92 Å². The van der Waals surface area contributed by atoms with Gasteiger partial charge in [0.05, 0.1) is 17.7 Å². The standard InChI is InChI=1S/C11H11N3S/c1-2-8(5-12)10-7-15-11(14-10)9-3-4-13-6-9/h3-4,6-8,13H,2H2,1H3. The Balaban J connectivity index is 2.29. The van der Waals surface area contributed by atoms with E-state index in [9.17, 15) is 0 Å². The number of nitriles is 1. The lowest BCUT2D eigenvalue weighted by molar-refractivity contribution is 0.795. The van der Waals surface area contributed by atoms with Gasteiger partial charge in [0.2, 0.25) is 0 Å². The molecule has 1 N–H and O–H groups in total. The molecule has 0 aliphatic heterocycles. The number of thiazole rings is 1. The molecule has 4 heteroatoms. The summed E-state index contributed by atoms with van der Waals surface area (Å²) in [6.45, 7) is 2.00. The van der Waals surface area contributed by atoms with E-state index in [0.717, 1.165) is 22.7 Å². The van der Waals surface area contributed by atoms with E-state index in [4.69, 9.17) is 5.26 Å². The predicted molar refractivity (Wildman–Crippen MR) is 60.5 cm³/mol. The van der Waals surface area contributed by atoms with Gasteiger partial charge in [0.25, 0.3) is 0 Å². The highest BCUT2D eigenvalue weighted by Gasteiger charge is 2.12. The summed E-state index contributed by atoms with van der Waals surface area (Å²) >= 11 is 1.58. The number of H-pyrrole nitrogens is 1. The van der Waals surface area contributed by atoms with Crippen molar-refractivity contribution < 1.29 is 0 Å². The Morgan fingerprint density at radius 2 is 2.53 bits per heavy atom. The van der Waals surface area contributed by atoms with Gasteiger partial charge >= 0.3 is 0 Å². The number of aromatic nitrogens is 2. The zero-order valence-corrected chi connectivity index (χ0v) is 9.21. The normalized spacial score (nSPS) is 12.3. The number of nitrogens with zero attached hydrogens (tertiary/aromatic N) is 2. The molecule has 0 saturated carbocycles. The first kappa shape index (κ1) is 9.94. The first-order chi connectivity index (χ1) is 7.35. The fourth-order valence-electron chi connectivity index (χ4n) is 1.40. The minimum absolute atomic E-state index is 0.0751. The van der Waals surface area contributed by atoms with Crippen molar-refractivity contribution in [3.05, 3.63) is 29.5 Å². The minimum Gasteiger partial charge on any atom is -0.367 e. The Hall–Kier alpha value is -1.60. The van der Waals surface area contributed by atoms with E-state index in [0.29, 0.717) is 0 Å². The molecule has 0 saturated heterocycles. The van der Waals surface area contributed by atoms with Crippen LogP contribution in [0.25, 0.3) is 10.6 Å². The molecule has 0 aliphatic rings. The van der Waals surface area contributed by atoms with Crippen LogP contribution in [-0.4, -0.2) is 9.97 Å². The Morgan fingerprint density at radius 1 is 1.67 bits per heavy atom. The third-order valence-electron chi connectivity index (χ3n) is 2.29. The molecule has 0 radical (unpaired) electrons. The third-order valence-corrected chi connectivity index (χ3v) is 3.20. The van der Waals surface area contributed by atoms with Crippen LogP contribution in [0.15, 0.2) is 23.8 Å². The highest BCUT2D eigenvalue weighted by atomic mass is 32.1. The molecule has 0 aliphatic carbocycles. The molecule has 0 bridgehead atoms. The summed E-state index contributed by atoms with van der Waals surface area (Å²) in [5, 5.41) is 11.9. The lowest BCUT2D eigenvalue weighted by atomic mass is 10.1. The van der Waals surface area contributed by atoms with Crippen LogP contribution in [-0.2, 0) is 0 Å². The van der Waals surface area contributed by atoms with Gasteiger partial charge < -0.3 is 4.98 Å². The van der Waals surface area contributed by atoms with Crippen molar-refractivity contribution in [3.8, 4) is 16.6 Å². The Kier molecular flexibility index (Phi) is 2.84. The molecule has 0 amide bonds. The van der Waals surface area contributed by atoms with Crippen LogP contribution in [0.3, 0.4) is 0 Å². The topological polar surface area (TPSA) is 52.5 Å². The van der Waals surface area contributed by atoms with Gasteiger partial charge in [-0.1, -0.05) is 6.92 Å².